The maximum atomic E-state index is 11.1. The number of piperazine rings is 1. The van der Waals surface area contributed by atoms with E-state index in [2.05, 4.69) is 15.3 Å². The number of hydrogen-bond acceptors (Lipinski definition) is 6. The molecule has 1 fully saturated rings. The largest absolute Gasteiger partial charge is 0.480 e. The van der Waals surface area contributed by atoms with Crippen LogP contribution in [0.25, 0.3) is 11.0 Å². The Kier molecular flexibility index (Phi) is 3.57. The molecule has 110 valence electrons. The van der Waals surface area contributed by atoms with E-state index in [-0.39, 0.29) is 0 Å². The van der Waals surface area contributed by atoms with Gasteiger partial charge in [-0.25, -0.2) is 9.97 Å². The minimum absolute atomic E-state index is 0.332. The highest BCUT2D eigenvalue weighted by atomic mass is 16.5. The monoisotopic (exact) mass is 288 g/mol. The molecule has 21 heavy (non-hydrogen) atoms. The number of carbonyl (C=O) groups is 1. The zero-order valence-electron chi connectivity index (χ0n) is 11.6. The van der Waals surface area contributed by atoms with E-state index in [0.29, 0.717) is 31.3 Å². The van der Waals surface area contributed by atoms with E-state index < -0.39 is 12.0 Å². The van der Waals surface area contributed by atoms with E-state index in [0.717, 1.165) is 11.0 Å². The van der Waals surface area contributed by atoms with Crippen molar-refractivity contribution in [2.45, 2.75) is 6.04 Å². The Morgan fingerprint density at radius 1 is 1.38 bits per heavy atom. The van der Waals surface area contributed by atoms with Gasteiger partial charge in [0.15, 0.2) is 5.82 Å². The van der Waals surface area contributed by atoms with Crippen LogP contribution in [-0.4, -0.2) is 53.8 Å². The summed E-state index contributed by atoms with van der Waals surface area (Å²) in [6, 6.07) is 6.91. The summed E-state index contributed by atoms with van der Waals surface area (Å²) >= 11 is 0. The van der Waals surface area contributed by atoms with Crippen LogP contribution in [0.2, 0.25) is 0 Å². The Labute approximate surface area is 121 Å². The molecule has 0 aliphatic carbocycles. The number of methoxy groups -OCH3 is 1. The number of rotatable bonds is 3. The number of benzene rings is 1. The molecule has 1 aromatic heterocycles. The lowest BCUT2D eigenvalue weighted by Gasteiger charge is -2.32. The predicted octanol–water partition coefficient (Wildman–Crippen LogP) is 0.501. The summed E-state index contributed by atoms with van der Waals surface area (Å²) in [7, 11) is 1.54. The van der Waals surface area contributed by atoms with Crippen molar-refractivity contribution in [2.75, 3.05) is 31.6 Å². The maximum absolute atomic E-state index is 11.1. The highest BCUT2D eigenvalue weighted by Crippen LogP contribution is 2.27. The molecule has 1 atom stereocenters. The van der Waals surface area contributed by atoms with Gasteiger partial charge in [-0.15, -0.1) is 0 Å². The Bertz CT molecular complexity index is 676. The van der Waals surface area contributed by atoms with E-state index >= 15 is 0 Å². The first kappa shape index (κ1) is 13.6. The zero-order chi connectivity index (χ0) is 14.8. The van der Waals surface area contributed by atoms with Crippen molar-refractivity contribution < 1.29 is 14.6 Å². The van der Waals surface area contributed by atoms with E-state index in [1.165, 1.54) is 0 Å². The minimum atomic E-state index is -0.868. The van der Waals surface area contributed by atoms with Crippen LogP contribution in [-0.2, 0) is 4.79 Å². The maximum Gasteiger partial charge on any atom is 0.322 e. The fraction of sp³-hybridized carbons (Fsp3) is 0.357. The van der Waals surface area contributed by atoms with Crippen molar-refractivity contribution >= 4 is 22.8 Å². The fourth-order valence-electron chi connectivity index (χ4n) is 2.43. The number of anilines is 1. The summed E-state index contributed by atoms with van der Waals surface area (Å²) in [5.41, 5.74) is 1.52. The molecule has 2 heterocycles. The van der Waals surface area contributed by atoms with Crippen molar-refractivity contribution in [1.29, 1.82) is 0 Å². The number of carboxylic acids is 1. The molecule has 0 saturated carbocycles. The third-order valence-electron chi connectivity index (χ3n) is 3.49. The second-order valence-electron chi connectivity index (χ2n) is 4.84. The lowest BCUT2D eigenvalue weighted by atomic mass is 10.2. The molecular weight excluding hydrogens is 272 g/mol. The summed E-state index contributed by atoms with van der Waals surface area (Å²) in [6.45, 7) is 1.57. The van der Waals surface area contributed by atoms with Gasteiger partial charge in [0.25, 0.3) is 5.88 Å². The smallest absolute Gasteiger partial charge is 0.322 e. The van der Waals surface area contributed by atoms with Gasteiger partial charge in [-0.2, -0.15) is 0 Å². The van der Waals surface area contributed by atoms with Crippen molar-refractivity contribution in [1.82, 2.24) is 15.3 Å². The lowest BCUT2D eigenvalue weighted by molar-refractivity contribution is -0.139. The number of aromatic nitrogens is 2. The van der Waals surface area contributed by atoms with E-state index in [1.54, 1.807) is 7.11 Å². The molecule has 0 bridgehead atoms. The van der Waals surface area contributed by atoms with Crippen LogP contribution in [0.1, 0.15) is 0 Å². The van der Waals surface area contributed by atoms with Crippen LogP contribution < -0.4 is 15.0 Å². The first-order valence-corrected chi connectivity index (χ1v) is 6.71. The van der Waals surface area contributed by atoms with E-state index in [1.807, 2.05) is 29.2 Å². The normalized spacial score (nSPS) is 18.7. The Balaban J connectivity index is 2.00. The van der Waals surface area contributed by atoms with Gasteiger partial charge in [0.1, 0.15) is 6.04 Å². The number of nitrogens with zero attached hydrogens (tertiary/aromatic N) is 3. The molecule has 7 nitrogen and oxygen atoms in total. The van der Waals surface area contributed by atoms with Gasteiger partial charge < -0.3 is 20.1 Å². The fourth-order valence-corrected chi connectivity index (χ4v) is 2.43. The van der Waals surface area contributed by atoms with Gasteiger partial charge in [-0.1, -0.05) is 12.1 Å². The predicted molar refractivity (Wildman–Crippen MR) is 77.7 cm³/mol. The molecule has 7 heteroatoms. The van der Waals surface area contributed by atoms with Gasteiger partial charge in [0, 0.05) is 19.6 Å². The van der Waals surface area contributed by atoms with Crippen molar-refractivity contribution in [3.8, 4) is 5.88 Å². The highest BCUT2D eigenvalue weighted by Gasteiger charge is 2.28. The van der Waals surface area contributed by atoms with Crippen LogP contribution in [0.3, 0.4) is 0 Å². The molecular formula is C14H16N4O3. The number of para-hydroxylation sites is 2. The highest BCUT2D eigenvalue weighted by molar-refractivity contribution is 5.78. The second kappa shape index (κ2) is 5.53. The molecule has 0 amide bonds. The number of fused-ring (bicyclic) bond motifs is 1. The number of carboxylic acid groups (broad SMARTS) is 1. The third-order valence-corrected chi connectivity index (χ3v) is 3.49. The SMILES string of the molecule is COc1nc2ccccc2nc1N1CCN[C@H](C(=O)O)C1. The quantitative estimate of drug-likeness (QED) is 0.850. The number of hydrogen-bond donors (Lipinski definition) is 2. The summed E-state index contributed by atoms with van der Waals surface area (Å²) in [5, 5.41) is 12.1. The van der Waals surface area contributed by atoms with Crippen LogP contribution in [0, 0.1) is 0 Å². The van der Waals surface area contributed by atoms with Crippen molar-refractivity contribution in [2.24, 2.45) is 0 Å². The molecule has 0 spiro atoms. The lowest BCUT2D eigenvalue weighted by Crippen LogP contribution is -2.54. The molecule has 3 rings (SSSR count). The van der Waals surface area contributed by atoms with Gasteiger partial charge in [-0.3, -0.25) is 4.79 Å². The van der Waals surface area contributed by atoms with Gasteiger partial charge in [0.05, 0.1) is 18.1 Å². The van der Waals surface area contributed by atoms with Gasteiger partial charge in [-0.05, 0) is 12.1 Å². The topological polar surface area (TPSA) is 87.6 Å². The molecule has 1 aliphatic heterocycles. The van der Waals surface area contributed by atoms with Crippen molar-refractivity contribution in [3.63, 3.8) is 0 Å². The van der Waals surface area contributed by atoms with Crippen LogP contribution >= 0.6 is 0 Å². The van der Waals surface area contributed by atoms with Crippen LogP contribution in [0.5, 0.6) is 5.88 Å². The summed E-state index contributed by atoms with van der Waals surface area (Å²) < 4.78 is 5.32. The van der Waals surface area contributed by atoms with E-state index in [9.17, 15) is 4.79 Å². The molecule has 2 aromatic rings. The molecule has 0 radical (unpaired) electrons. The standard InChI is InChI=1S/C14H16N4O3/c1-21-13-12(16-9-4-2-3-5-10(9)17-13)18-7-6-15-11(8-18)14(19)20/h2-5,11,15H,6-8H2,1H3,(H,19,20)/t11-/m0/s1. The Morgan fingerprint density at radius 2 is 2.10 bits per heavy atom. The molecule has 2 N–H and O–H groups in total. The molecule has 1 saturated heterocycles. The van der Waals surface area contributed by atoms with Crippen LogP contribution in [0.4, 0.5) is 5.82 Å². The Hall–Kier alpha value is -2.41. The van der Waals surface area contributed by atoms with Crippen LogP contribution in [0.15, 0.2) is 24.3 Å². The van der Waals surface area contributed by atoms with E-state index in [4.69, 9.17) is 9.84 Å². The van der Waals surface area contributed by atoms with Gasteiger partial charge in [0.2, 0.25) is 0 Å². The number of aliphatic carboxylic acids is 1. The molecule has 1 aromatic carbocycles. The van der Waals surface area contributed by atoms with Gasteiger partial charge >= 0.3 is 5.97 Å². The first-order chi connectivity index (χ1) is 10.2. The molecule has 1 aliphatic rings. The molecule has 0 unspecified atom stereocenters. The summed E-state index contributed by atoms with van der Waals surface area (Å²) in [4.78, 5) is 22.1. The summed E-state index contributed by atoms with van der Waals surface area (Å²) in [5.74, 6) is 0.135. The minimum Gasteiger partial charge on any atom is -0.480 e. The average Bonchev–Trinajstić information content (AvgIpc) is 2.53. The Morgan fingerprint density at radius 3 is 2.76 bits per heavy atom. The van der Waals surface area contributed by atoms with Crippen molar-refractivity contribution in [3.05, 3.63) is 24.3 Å². The zero-order valence-corrected chi connectivity index (χ0v) is 11.6. The second-order valence-corrected chi connectivity index (χ2v) is 4.84. The average molecular weight is 288 g/mol. The first-order valence-electron chi connectivity index (χ1n) is 6.71. The third kappa shape index (κ3) is 2.59. The summed E-state index contributed by atoms with van der Waals surface area (Å²) in [6.07, 6.45) is 0. The number of nitrogens with one attached hydrogen (secondary N) is 1. The number of ether oxygens (including phenoxy) is 1.